The Morgan fingerprint density at radius 1 is 0.891 bits per heavy atom. The van der Waals surface area contributed by atoms with E-state index in [9.17, 15) is 0 Å². The third-order valence-electron chi connectivity index (χ3n) is 9.08. The van der Waals surface area contributed by atoms with Gasteiger partial charge in [-0.2, -0.15) is 0 Å². The van der Waals surface area contributed by atoms with Gasteiger partial charge in [-0.1, -0.05) is 163 Å². The van der Waals surface area contributed by atoms with E-state index < -0.39 is 0 Å². The van der Waals surface area contributed by atoms with Crippen LogP contribution in [0.3, 0.4) is 0 Å². The zero-order valence-electron chi connectivity index (χ0n) is 37.1. The molecule has 0 saturated carbocycles. The summed E-state index contributed by atoms with van der Waals surface area (Å²) in [5.74, 6) is 2.14. The molecule has 2 unspecified atom stereocenters. The summed E-state index contributed by atoms with van der Waals surface area (Å²) in [6.07, 6.45) is 20.7. The first-order valence-electron chi connectivity index (χ1n) is 20.4. The molecule has 0 heterocycles. The SMILES string of the molecule is C=C.C=C(C)C(CCCC(CC)CCCC)CCc1ccc(C(N)=NCc2ccc(C)cc2C)c(C)c1.C=CC=O.C=NCC/C=C\C(C)=C/C(=C)C.CC. The van der Waals surface area contributed by atoms with Crippen molar-refractivity contribution in [3.63, 3.8) is 0 Å². The molecule has 0 aliphatic heterocycles. The molecule has 2 aromatic rings. The number of hydrogen-bond acceptors (Lipinski definition) is 3. The molecule has 0 aliphatic rings. The molecule has 0 aliphatic carbocycles. The molecule has 0 aromatic heterocycles. The summed E-state index contributed by atoms with van der Waals surface area (Å²) in [4.78, 5) is 17.5. The predicted octanol–water partition coefficient (Wildman–Crippen LogP) is 14.4. The zero-order chi connectivity index (χ0) is 42.6. The van der Waals surface area contributed by atoms with Gasteiger partial charge in [-0.3, -0.25) is 9.79 Å². The summed E-state index contributed by atoms with van der Waals surface area (Å²) in [5.41, 5.74) is 17.5. The number of nitrogens with two attached hydrogens (primary N) is 1. The second kappa shape index (κ2) is 36.7. The lowest BCUT2D eigenvalue weighted by Gasteiger charge is -2.20. The Morgan fingerprint density at radius 3 is 2.04 bits per heavy atom. The smallest absolute Gasteiger partial charge is 0.142 e. The number of aldehydes is 1. The Hall–Kier alpha value is -4.31. The van der Waals surface area contributed by atoms with Crippen molar-refractivity contribution < 1.29 is 4.79 Å². The Balaban J connectivity index is -0.00000112. The maximum Gasteiger partial charge on any atom is 0.142 e. The van der Waals surface area contributed by atoms with Gasteiger partial charge in [-0.25, -0.2) is 0 Å². The monoisotopic (exact) mass is 752 g/mol. The highest BCUT2D eigenvalue weighted by atomic mass is 16.1. The highest BCUT2D eigenvalue weighted by Gasteiger charge is 2.13. The molecule has 2 aromatic carbocycles. The number of amidine groups is 1. The first-order chi connectivity index (χ1) is 26.3. The fraction of sp³-hybridized carbons (Fsp3) is 0.471. The normalized spacial score (nSPS) is 11.8. The number of carbonyl (C=O) groups is 1. The lowest BCUT2D eigenvalue weighted by molar-refractivity contribution is -0.104. The van der Waals surface area contributed by atoms with E-state index in [0.29, 0.717) is 24.6 Å². The molecule has 0 fully saturated rings. The van der Waals surface area contributed by atoms with E-state index in [-0.39, 0.29) is 0 Å². The van der Waals surface area contributed by atoms with Crippen LogP contribution in [0.5, 0.6) is 0 Å². The fourth-order valence-electron chi connectivity index (χ4n) is 6.00. The van der Waals surface area contributed by atoms with Crippen molar-refractivity contribution in [3.8, 4) is 0 Å². The van der Waals surface area contributed by atoms with Gasteiger partial charge in [0.05, 0.1) is 6.54 Å². The molecule has 55 heavy (non-hydrogen) atoms. The maximum absolute atomic E-state index is 9.06. The molecule has 0 radical (unpaired) electrons. The van der Waals surface area contributed by atoms with E-state index in [0.717, 1.165) is 36.4 Å². The summed E-state index contributed by atoms with van der Waals surface area (Å²) in [5, 5.41) is 0. The van der Waals surface area contributed by atoms with Crippen molar-refractivity contribution in [3.05, 3.63) is 144 Å². The highest BCUT2D eigenvalue weighted by molar-refractivity contribution is 5.98. The van der Waals surface area contributed by atoms with Crippen LogP contribution in [0.15, 0.2) is 120 Å². The second-order valence-corrected chi connectivity index (χ2v) is 14.0. The number of benzene rings is 2. The number of carbonyl (C=O) groups excluding carboxylic acids is 1. The standard InChI is InChI=1S/C33H50N2.C11H17N.C3H4O.C2H6.C2H4/c1-8-10-12-28(9-2)13-11-14-30(24(3)4)19-16-29-17-20-32(27(7)22-29)33(34)35-23-31-18-15-25(5)21-26(31)6;1-10(2)9-11(3)7-5-6-8-12-4;1-2-3-4;2*1-2/h15,17-18,20-22,28,30H,3,8-14,16,19,23H2,1-2,4-7H3,(H2,34,35);5,7,9H,1,4,6,8H2,2-3H3;2-3H,1H2;1-2H3;1-2H2/b;7-5-,11-9-;;;. The molecule has 0 bridgehead atoms. The molecule has 0 amide bonds. The first kappa shape index (κ1) is 55.0. The van der Waals surface area contributed by atoms with E-state index in [1.54, 1.807) is 0 Å². The van der Waals surface area contributed by atoms with E-state index in [1.165, 1.54) is 96.4 Å². The minimum absolute atomic E-state index is 0.614. The van der Waals surface area contributed by atoms with Crippen molar-refractivity contribution in [2.24, 2.45) is 27.6 Å². The molecule has 0 saturated heterocycles. The Morgan fingerprint density at radius 2 is 1.53 bits per heavy atom. The number of aliphatic imine (C=N–C) groups is 2. The number of allylic oxidation sites excluding steroid dienone is 6. The van der Waals surface area contributed by atoms with Crippen LogP contribution >= 0.6 is 0 Å². The average molecular weight is 752 g/mol. The van der Waals surface area contributed by atoms with Crippen molar-refractivity contribution in [1.82, 2.24) is 0 Å². The second-order valence-electron chi connectivity index (χ2n) is 14.0. The molecular weight excluding hydrogens is 671 g/mol. The largest absolute Gasteiger partial charge is 0.383 e. The van der Waals surface area contributed by atoms with Gasteiger partial charge in [-0.05, 0) is 114 Å². The maximum atomic E-state index is 9.06. The van der Waals surface area contributed by atoms with Gasteiger partial charge in [0, 0.05) is 12.1 Å². The average Bonchev–Trinajstić information content (AvgIpc) is 3.17. The van der Waals surface area contributed by atoms with E-state index in [2.05, 4.69) is 148 Å². The lowest BCUT2D eigenvalue weighted by Crippen LogP contribution is -2.15. The van der Waals surface area contributed by atoms with E-state index >= 15 is 0 Å². The molecule has 306 valence electrons. The number of nitrogens with zero attached hydrogens (tertiary/aromatic N) is 2. The van der Waals surface area contributed by atoms with Crippen LogP contribution in [0.1, 0.15) is 140 Å². The number of aryl methyl sites for hydroxylation is 4. The number of unbranched alkanes of at least 4 members (excludes halogenated alkanes) is 1. The summed E-state index contributed by atoms with van der Waals surface area (Å²) >= 11 is 0. The Labute approximate surface area is 340 Å². The summed E-state index contributed by atoms with van der Waals surface area (Å²) in [6.45, 7) is 43.4. The van der Waals surface area contributed by atoms with E-state index in [4.69, 9.17) is 15.5 Å². The zero-order valence-corrected chi connectivity index (χ0v) is 37.1. The molecule has 2 rings (SSSR count). The third kappa shape index (κ3) is 28.8. The highest BCUT2D eigenvalue weighted by Crippen LogP contribution is 2.27. The van der Waals surface area contributed by atoms with Crippen molar-refractivity contribution >= 4 is 18.8 Å². The lowest BCUT2D eigenvalue weighted by atomic mass is 9.86. The molecule has 0 spiro atoms. The van der Waals surface area contributed by atoms with Gasteiger partial charge in [0.15, 0.2) is 0 Å². The minimum Gasteiger partial charge on any atom is -0.383 e. The summed E-state index contributed by atoms with van der Waals surface area (Å²) < 4.78 is 0. The van der Waals surface area contributed by atoms with Gasteiger partial charge < -0.3 is 10.7 Å². The quantitative estimate of drug-likeness (QED) is 0.0262. The minimum atomic E-state index is 0.614. The van der Waals surface area contributed by atoms with Crippen LogP contribution in [0.2, 0.25) is 0 Å². The third-order valence-corrected chi connectivity index (χ3v) is 9.08. The van der Waals surface area contributed by atoms with Crippen LogP contribution in [0, 0.1) is 32.6 Å². The summed E-state index contributed by atoms with van der Waals surface area (Å²) in [6, 6.07) is 13.2. The predicted molar refractivity (Wildman–Crippen MR) is 251 cm³/mol. The Kier molecular flexibility index (Phi) is 36.7. The van der Waals surface area contributed by atoms with Crippen molar-refractivity contribution in [1.29, 1.82) is 0 Å². The topological polar surface area (TPSA) is 67.8 Å². The number of hydrogen-bond donors (Lipinski definition) is 1. The van der Waals surface area contributed by atoms with Crippen LogP contribution in [0.4, 0.5) is 0 Å². The van der Waals surface area contributed by atoms with Crippen molar-refractivity contribution in [2.75, 3.05) is 6.54 Å². The number of rotatable bonds is 21. The van der Waals surface area contributed by atoms with Crippen molar-refractivity contribution in [2.45, 2.75) is 140 Å². The van der Waals surface area contributed by atoms with Crippen LogP contribution in [-0.4, -0.2) is 25.4 Å². The van der Waals surface area contributed by atoms with E-state index in [1.807, 2.05) is 20.8 Å². The van der Waals surface area contributed by atoms with Gasteiger partial charge in [0.2, 0.25) is 0 Å². The van der Waals surface area contributed by atoms with Gasteiger partial charge in [0.1, 0.15) is 12.1 Å². The fourth-order valence-corrected chi connectivity index (χ4v) is 6.00. The molecule has 2 N–H and O–H groups in total. The molecule has 2 atom stereocenters. The van der Waals surface area contributed by atoms with Gasteiger partial charge in [-0.15, -0.1) is 13.2 Å². The molecule has 4 heteroatoms. The van der Waals surface area contributed by atoms with Gasteiger partial charge >= 0.3 is 0 Å². The Bertz CT molecular complexity index is 1450. The molecule has 4 nitrogen and oxygen atoms in total. The van der Waals surface area contributed by atoms with Crippen LogP contribution < -0.4 is 5.73 Å². The van der Waals surface area contributed by atoms with Crippen LogP contribution in [0.25, 0.3) is 0 Å². The first-order valence-corrected chi connectivity index (χ1v) is 20.4. The van der Waals surface area contributed by atoms with Crippen LogP contribution in [-0.2, 0) is 17.8 Å². The molecular formula is C51H81N3O. The summed E-state index contributed by atoms with van der Waals surface area (Å²) in [7, 11) is 0. The van der Waals surface area contributed by atoms with Gasteiger partial charge in [0.25, 0.3) is 0 Å².